The highest BCUT2D eigenvalue weighted by molar-refractivity contribution is 7.89. The number of anilines is 1. The Morgan fingerprint density at radius 2 is 1.57 bits per heavy atom. The van der Waals surface area contributed by atoms with E-state index in [-0.39, 0.29) is 6.54 Å². The van der Waals surface area contributed by atoms with E-state index in [4.69, 9.17) is 0 Å². The van der Waals surface area contributed by atoms with Crippen molar-refractivity contribution < 1.29 is 17.2 Å². The molecular weight excluding hydrogens is 408 g/mol. The minimum atomic E-state index is -4.29. The molecule has 0 unspecified atom stereocenters. The number of nitrogens with zero attached hydrogens (tertiary/aromatic N) is 1. The van der Waals surface area contributed by atoms with Crippen molar-refractivity contribution in [1.29, 1.82) is 0 Å². The zero-order valence-electron chi connectivity index (χ0n) is 16.4. The summed E-state index contributed by atoms with van der Waals surface area (Å²) in [4.78, 5) is 1.40. The van der Waals surface area contributed by atoms with E-state index in [1.54, 1.807) is 0 Å². The molecule has 5 nitrogen and oxygen atoms in total. The predicted octanol–water partition coefficient (Wildman–Crippen LogP) is 3.05. The second kappa shape index (κ2) is 8.67. The van der Waals surface area contributed by atoms with Crippen molar-refractivity contribution in [3.63, 3.8) is 0 Å². The standard InChI is InChI=1S/C22H23F2N3O2S/c23-19-6-3-7-20(24)22(19)30(28,29)26-11-10-16-8-9-21(27-14-12-25-13-15-27)18-5-2-1-4-17(16)18/h1-9,25-26H,10-15H2. The van der Waals surface area contributed by atoms with Gasteiger partial charge in [-0.25, -0.2) is 21.9 Å². The fraction of sp³-hybridized carbons (Fsp3) is 0.273. The zero-order valence-corrected chi connectivity index (χ0v) is 17.2. The van der Waals surface area contributed by atoms with Crippen LogP contribution in [0.15, 0.2) is 59.5 Å². The van der Waals surface area contributed by atoms with Crippen LogP contribution < -0.4 is 14.9 Å². The molecule has 1 saturated heterocycles. The Labute approximate surface area is 174 Å². The van der Waals surface area contributed by atoms with Crippen LogP contribution in [0, 0.1) is 11.6 Å². The molecule has 0 radical (unpaired) electrons. The average Bonchev–Trinajstić information content (AvgIpc) is 2.74. The molecule has 1 aliphatic heterocycles. The monoisotopic (exact) mass is 431 g/mol. The number of sulfonamides is 1. The maximum Gasteiger partial charge on any atom is 0.246 e. The third-order valence-electron chi connectivity index (χ3n) is 5.32. The SMILES string of the molecule is O=S(=O)(NCCc1ccc(N2CCNCC2)c2ccccc12)c1c(F)cccc1F. The fourth-order valence-corrected chi connectivity index (χ4v) is 5.04. The van der Waals surface area contributed by atoms with Crippen LogP contribution in [0.2, 0.25) is 0 Å². The predicted molar refractivity (Wildman–Crippen MR) is 114 cm³/mol. The third kappa shape index (κ3) is 4.16. The quantitative estimate of drug-likeness (QED) is 0.630. The lowest BCUT2D eigenvalue weighted by molar-refractivity contribution is 0.514. The Balaban J connectivity index is 1.55. The molecule has 0 atom stereocenters. The summed E-state index contributed by atoms with van der Waals surface area (Å²) in [5.74, 6) is -2.21. The highest BCUT2D eigenvalue weighted by atomic mass is 32.2. The smallest absolute Gasteiger partial charge is 0.246 e. The van der Waals surface area contributed by atoms with E-state index in [0.29, 0.717) is 6.42 Å². The van der Waals surface area contributed by atoms with Crippen molar-refractivity contribution in [3.8, 4) is 0 Å². The first kappa shape index (κ1) is 20.7. The second-order valence-corrected chi connectivity index (χ2v) is 8.93. The van der Waals surface area contributed by atoms with Gasteiger partial charge >= 0.3 is 0 Å². The normalized spacial score (nSPS) is 14.9. The molecule has 0 saturated carbocycles. The summed E-state index contributed by atoms with van der Waals surface area (Å²) in [6.07, 6.45) is 0.400. The molecule has 30 heavy (non-hydrogen) atoms. The molecule has 8 heteroatoms. The van der Waals surface area contributed by atoms with Gasteiger partial charge in [-0.2, -0.15) is 0 Å². The Bertz CT molecular complexity index is 1140. The van der Waals surface area contributed by atoms with E-state index < -0.39 is 26.6 Å². The van der Waals surface area contributed by atoms with Gasteiger partial charge in [-0.15, -0.1) is 0 Å². The molecule has 158 valence electrons. The summed E-state index contributed by atoms with van der Waals surface area (Å²) in [5, 5.41) is 5.50. The summed E-state index contributed by atoms with van der Waals surface area (Å²) in [7, 11) is -4.29. The molecule has 0 spiro atoms. The highest BCUT2D eigenvalue weighted by Gasteiger charge is 2.23. The maximum absolute atomic E-state index is 13.9. The first-order valence-corrected chi connectivity index (χ1v) is 11.4. The number of benzene rings is 3. The van der Waals surface area contributed by atoms with Crippen molar-refractivity contribution in [1.82, 2.24) is 10.0 Å². The lowest BCUT2D eigenvalue weighted by Crippen LogP contribution is -2.43. The number of halogens is 2. The van der Waals surface area contributed by atoms with Crippen molar-refractivity contribution in [3.05, 3.63) is 71.8 Å². The van der Waals surface area contributed by atoms with Gasteiger partial charge in [0.1, 0.15) is 11.6 Å². The van der Waals surface area contributed by atoms with E-state index in [0.717, 1.165) is 66.4 Å². The van der Waals surface area contributed by atoms with Crippen LogP contribution in [0.4, 0.5) is 14.5 Å². The number of rotatable bonds is 6. The molecular formula is C22H23F2N3O2S. The van der Waals surface area contributed by atoms with Crippen LogP contribution in [0.3, 0.4) is 0 Å². The topological polar surface area (TPSA) is 61.4 Å². The molecule has 0 aromatic heterocycles. The van der Waals surface area contributed by atoms with Crippen LogP contribution in [0.1, 0.15) is 5.56 Å². The number of hydrogen-bond acceptors (Lipinski definition) is 4. The average molecular weight is 432 g/mol. The first-order valence-electron chi connectivity index (χ1n) is 9.87. The van der Waals surface area contributed by atoms with E-state index >= 15 is 0 Å². The Hall–Kier alpha value is -2.55. The Morgan fingerprint density at radius 1 is 0.900 bits per heavy atom. The summed E-state index contributed by atoms with van der Waals surface area (Å²) in [6, 6.07) is 15.1. The number of fused-ring (bicyclic) bond motifs is 1. The molecule has 3 aromatic rings. The lowest BCUT2D eigenvalue weighted by Gasteiger charge is -2.30. The van der Waals surface area contributed by atoms with E-state index in [9.17, 15) is 17.2 Å². The van der Waals surface area contributed by atoms with Crippen molar-refractivity contribution in [2.75, 3.05) is 37.6 Å². The molecule has 4 rings (SSSR count). The highest BCUT2D eigenvalue weighted by Crippen LogP contribution is 2.30. The second-order valence-electron chi connectivity index (χ2n) is 7.23. The van der Waals surface area contributed by atoms with Crippen LogP contribution in [0.5, 0.6) is 0 Å². The minimum Gasteiger partial charge on any atom is -0.368 e. The van der Waals surface area contributed by atoms with Gasteiger partial charge in [0, 0.05) is 43.8 Å². The molecule has 2 N–H and O–H groups in total. The van der Waals surface area contributed by atoms with Gasteiger partial charge in [0.15, 0.2) is 4.90 Å². The Morgan fingerprint density at radius 3 is 2.27 bits per heavy atom. The van der Waals surface area contributed by atoms with Crippen molar-refractivity contribution in [2.45, 2.75) is 11.3 Å². The van der Waals surface area contributed by atoms with E-state index in [1.165, 1.54) is 0 Å². The van der Waals surface area contributed by atoms with Crippen molar-refractivity contribution >= 4 is 26.5 Å². The summed E-state index contributed by atoms with van der Waals surface area (Å²) in [6.45, 7) is 3.76. The zero-order chi connectivity index (χ0) is 21.1. The molecule has 1 fully saturated rings. The summed E-state index contributed by atoms with van der Waals surface area (Å²) < 4.78 is 54.8. The van der Waals surface area contributed by atoms with Gasteiger partial charge in [0.05, 0.1) is 0 Å². The summed E-state index contributed by atoms with van der Waals surface area (Å²) >= 11 is 0. The van der Waals surface area contributed by atoms with Gasteiger partial charge in [0.25, 0.3) is 0 Å². The van der Waals surface area contributed by atoms with E-state index in [2.05, 4.69) is 27.1 Å². The number of piperazine rings is 1. The van der Waals surface area contributed by atoms with Gasteiger partial charge in [-0.05, 0) is 35.6 Å². The molecule has 1 heterocycles. The van der Waals surface area contributed by atoms with Crippen LogP contribution in [0.25, 0.3) is 10.8 Å². The molecule has 0 bridgehead atoms. The number of nitrogens with one attached hydrogen (secondary N) is 2. The van der Waals surface area contributed by atoms with Crippen LogP contribution in [-0.4, -0.2) is 41.1 Å². The number of hydrogen-bond donors (Lipinski definition) is 2. The molecule has 0 amide bonds. The summed E-state index contributed by atoms with van der Waals surface area (Å²) in [5.41, 5.74) is 2.13. The third-order valence-corrected chi connectivity index (χ3v) is 6.83. The molecule has 3 aromatic carbocycles. The van der Waals surface area contributed by atoms with Gasteiger partial charge in [-0.1, -0.05) is 36.4 Å². The van der Waals surface area contributed by atoms with E-state index in [1.807, 2.05) is 24.3 Å². The van der Waals surface area contributed by atoms with Gasteiger partial charge in [-0.3, -0.25) is 0 Å². The van der Waals surface area contributed by atoms with Gasteiger partial charge < -0.3 is 10.2 Å². The first-order chi connectivity index (χ1) is 14.5. The van der Waals surface area contributed by atoms with Crippen LogP contribution >= 0.6 is 0 Å². The Kier molecular flexibility index (Phi) is 5.99. The largest absolute Gasteiger partial charge is 0.368 e. The molecule has 1 aliphatic rings. The molecule has 0 aliphatic carbocycles. The van der Waals surface area contributed by atoms with Crippen LogP contribution in [-0.2, 0) is 16.4 Å². The fourth-order valence-electron chi connectivity index (χ4n) is 3.88. The minimum absolute atomic E-state index is 0.0348. The van der Waals surface area contributed by atoms with Crippen molar-refractivity contribution in [2.24, 2.45) is 0 Å². The van der Waals surface area contributed by atoms with Gasteiger partial charge in [0.2, 0.25) is 10.0 Å². The lowest BCUT2D eigenvalue weighted by atomic mass is 10.00. The maximum atomic E-state index is 13.9.